The van der Waals surface area contributed by atoms with Crippen LogP contribution >= 0.6 is 0 Å². The third-order valence-corrected chi connectivity index (χ3v) is 7.67. The number of hydrogen-bond donors (Lipinski definition) is 1. The van der Waals surface area contributed by atoms with Gasteiger partial charge in [-0.3, -0.25) is 9.10 Å². The molecule has 4 aromatic carbocycles. The number of anilines is 1. The van der Waals surface area contributed by atoms with Gasteiger partial charge in [-0.1, -0.05) is 54.6 Å². The minimum absolute atomic E-state index is 0.0188. The van der Waals surface area contributed by atoms with Crippen LogP contribution in [0.2, 0.25) is 0 Å². The second-order valence-corrected chi connectivity index (χ2v) is 10.1. The Labute approximate surface area is 211 Å². The van der Waals surface area contributed by atoms with Crippen molar-refractivity contribution in [3.05, 3.63) is 96.1 Å². The van der Waals surface area contributed by atoms with Gasteiger partial charge in [0, 0.05) is 12.6 Å². The average molecular weight is 505 g/mol. The Balaban J connectivity index is 1.66. The average Bonchev–Trinajstić information content (AvgIpc) is 2.90. The van der Waals surface area contributed by atoms with Gasteiger partial charge in [-0.25, -0.2) is 8.42 Å². The number of amides is 1. The van der Waals surface area contributed by atoms with Crippen molar-refractivity contribution in [1.82, 2.24) is 5.32 Å². The molecule has 0 aromatic heterocycles. The predicted molar refractivity (Wildman–Crippen MR) is 141 cm³/mol. The van der Waals surface area contributed by atoms with Crippen molar-refractivity contribution in [2.24, 2.45) is 0 Å². The van der Waals surface area contributed by atoms with Gasteiger partial charge < -0.3 is 14.8 Å². The van der Waals surface area contributed by atoms with E-state index >= 15 is 0 Å². The maximum Gasteiger partial charge on any atom is 0.268 e. The first-order valence-electron chi connectivity index (χ1n) is 11.4. The molecule has 0 bridgehead atoms. The van der Waals surface area contributed by atoms with Crippen LogP contribution in [0.15, 0.2) is 89.8 Å². The lowest BCUT2D eigenvalue weighted by molar-refractivity contribution is -0.119. The molecule has 1 N–H and O–H groups in total. The van der Waals surface area contributed by atoms with Crippen molar-refractivity contribution >= 4 is 32.4 Å². The number of nitrogens with one attached hydrogen (secondary N) is 1. The normalized spacial score (nSPS) is 11.2. The van der Waals surface area contributed by atoms with E-state index in [9.17, 15) is 13.2 Å². The van der Waals surface area contributed by atoms with E-state index in [1.165, 1.54) is 20.3 Å². The summed E-state index contributed by atoms with van der Waals surface area (Å²) in [5.74, 6) is 0.227. The fourth-order valence-electron chi connectivity index (χ4n) is 4.01. The number of fused-ring (bicyclic) bond motifs is 1. The van der Waals surface area contributed by atoms with Crippen LogP contribution in [0.5, 0.6) is 11.5 Å². The molecule has 4 rings (SSSR count). The maximum atomic E-state index is 13.9. The Morgan fingerprint density at radius 3 is 2.42 bits per heavy atom. The molecular formula is C28H28N2O5S. The number of aryl methyl sites for hydroxylation is 1. The molecule has 0 atom stereocenters. The van der Waals surface area contributed by atoms with Crippen molar-refractivity contribution in [2.45, 2.75) is 18.4 Å². The molecule has 0 saturated heterocycles. The van der Waals surface area contributed by atoms with E-state index in [1.54, 1.807) is 43.3 Å². The third-order valence-electron chi connectivity index (χ3n) is 5.87. The van der Waals surface area contributed by atoms with Crippen LogP contribution in [0.1, 0.15) is 11.1 Å². The van der Waals surface area contributed by atoms with Crippen LogP contribution in [0.3, 0.4) is 0 Å². The second kappa shape index (κ2) is 10.7. The van der Waals surface area contributed by atoms with Gasteiger partial charge in [0.2, 0.25) is 5.91 Å². The molecule has 4 aromatic rings. The highest BCUT2D eigenvalue weighted by molar-refractivity contribution is 7.93. The highest BCUT2D eigenvalue weighted by Gasteiger charge is 2.30. The summed E-state index contributed by atoms with van der Waals surface area (Å²) in [6, 6.07) is 25.3. The standard InChI is InChI=1S/C28H28N2O5S/c1-20-14-15-26(35-3)27(16-20)36(32,33)30(23-11-7-12-24(17-23)34-2)19-28(31)29-18-22-10-6-9-21-8-4-5-13-25(21)22/h4-17H,18-19H2,1-3H3,(H,29,31). The second-order valence-electron chi connectivity index (χ2n) is 8.28. The lowest BCUT2D eigenvalue weighted by atomic mass is 10.0. The molecule has 7 nitrogen and oxygen atoms in total. The van der Waals surface area contributed by atoms with Crippen LogP contribution in [0.4, 0.5) is 5.69 Å². The fraction of sp³-hybridized carbons (Fsp3) is 0.179. The molecule has 8 heteroatoms. The minimum atomic E-state index is -4.17. The molecule has 0 heterocycles. The van der Waals surface area contributed by atoms with Gasteiger partial charge in [0.1, 0.15) is 22.9 Å². The first-order valence-corrected chi connectivity index (χ1v) is 12.8. The van der Waals surface area contributed by atoms with E-state index in [1.807, 2.05) is 42.5 Å². The summed E-state index contributed by atoms with van der Waals surface area (Å²) in [7, 11) is -1.25. The Kier molecular flexibility index (Phi) is 7.45. The summed E-state index contributed by atoms with van der Waals surface area (Å²) in [5.41, 5.74) is 2.00. The Bertz CT molecular complexity index is 1500. The lowest BCUT2D eigenvalue weighted by Crippen LogP contribution is -2.40. The zero-order chi connectivity index (χ0) is 25.7. The van der Waals surface area contributed by atoms with E-state index in [-0.39, 0.29) is 17.2 Å². The van der Waals surface area contributed by atoms with Gasteiger partial charge in [0.05, 0.1) is 19.9 Å². The molecule has 0 saturated carbocycles. The van der Waals surface area contributed by atoms with E-state index < -0.39 is 22.5 Å². The van der Waals surface area contributed by atoms with Crippen LogP contribution in [0, 0.1) is 6.92 Å². The maximum absolute atomic E-state index is 13.9. The summed E-state index contributed by atoms with van der Waals surface area (Å²) < 4.78 is 39.5. The summed E-state index contributed by atoms with van der Waals surface area (Å²) in [5, 5.41) is 4.97. The largest absolute Gasteiger partial charge is 0.497 e. The molecule has 0 radical (unpaired) electrons. The van der Waals surface area contributed by atoms with Crippen molar-refractivity contribution in [3.63, 3.8) is 0 Å². The monoisotopic (exact) mass is 504 g/mol. The van der Waals surface area contributed by atoms with E-state index in [0.717, 1.165) is 26.2 Å². The lowest BCUT2D eigenvalue weighted by Gasteiger charge is -2.25. The molecule has 1 amide bonds. The van der Waals surface area contributed by atoms with Crippen molar-refractivity contribution < 1.29 is 22.7 Å². The number of carbonyl (C=O) groups is 1. The van der Waals surface area contributed by atoms with Crippen molar-refractivity contribution in [3.8, 4) is 11.5 Å². The number of nitrogens with zero attached hydrogens (tertiary/aromatic N) is 1. The Morgan fingerprint density at radius 2 is 1.64 bits per heavy atom. The molecule has 0 spiro atoms. The molecule has 0 aliphatic rings. The minimum Gasteiger partial charge on any atom is -0.497 e. The first kappa shape index (κ1) is 25.1. The van der Waals surface area contributed by atoms with Crippen molar-refractivity contribution in [2.75, 3.05) is 25.1 Å². The predicted octanol–water partition coefficient (Wildman–Crippen LogP) is 4.68. The highest BCUT2D eigenvalue weighted by atomic mass is 32.2. The zero-order valence-electron chi connectivity index (χ0n) is 20.4. The molecule has 36 heavy (non-hydrogen) atoms. The quantitative estimate of drug-likeness (QED) is 0.358. The van der Waals surface area contributed by atoms with Gasteiger partial charge >= 0.3 is 0 Å². The number of methoxy groups -OCH3 is 2. The number of rotatable bonds is 9. The number of hydrogen-bond acceptors (Lipinski definition) is 5. The summed E-state index contributed by atoms with van der Waals surface area (Å²) in [6.07, 6.45) is 0. The smallest absolute Gasteiger partial charge is 0.268 e. The van der Waals surface area contributed by atoms with Gasteiger partial charge in [0.25, 0.3) is 10.0 Å². The molecule has 0 fully saturated rings. The number of ether oxygens (including phenoxy) is 2. The Morgan fingerprint density at radius 1 is 0.889 bits per heavy atom. The number of sulfonamides is 1. The summed E-state index contributed by atoms with van der Waals surface area (Å²) in [6.45, 7) is 1.64. The van der Waals surface area contributed by atoms with E-state index in [2.05, 4.69) is 5.32 Å². The zero-order valence-corrected chi connectivity index (χ0v) is 21.2. The van der Waals surface area contributed by atoms with Gasteiger partial charge in [-0.05, 0) is 53.1 Å². The van der Waals surface area contributed by atoms with Gasteiger partial charge in [0.15, 0.2) is 0 Å². The fourth-order valence-corrected chi connectivity index (χ4v) is 5.67. The van der Waals surface area contributed by atoms with Crippen LogP contribution in [-0.4, -0.2) is 35.1 Å². The molecule has 0 aliphatic heterocycles. The van der Waals surface area contributed by atoms with E-state index in [0.29, 0.717) is 11.4 Å². The third kappa shape index (κ3) is 5.28. The Hall–Kier alpha value is -4.04. The van der Waals surface area contributed by atoms with Gasteiger partial charge in [-0.15, -0.1) is 0 Å². The molecule has 186 valence electrons. The SMILES string of the molecule is COc1cccc(N(CC(=O)NCc2cccc3ccccc23)S(=O)(=O)c2cc(C)ccc2OC)c1. The molecule has 0 aliphatic carbocycles. The number of benzene rings is 4. The van der Waals surface area contributed by atoms with Crippen molar-refractivity contribution in [1.29, 1.82) is 0 Å². The summed E-state index contributed by atoms with van der Waals surface area (Å²) in [4.78, 5) is 13.1. The van der Waals surface area contributed by atoms with Crippen LogP contribution < -0.4 is 19.1 Å². The molecule has 0 unspecified atom stereocenters. The highest BCUT2D eigenvalue weighted by Crippen LogP contribution is 2.32. The number of carbonyl (C=O) groups excluding carboxylic acids is 1. The van der Waals surface area contributed by atoms with E-state index in [4.69, 9.17) is 9.47 Å². The first-order chi connectivity index (χ1) is 17.3. The van der Waals surface area contributed by atoms with Crippen LogP contribution in [-0.2, 0) is 21.4 Å². The molecular weight excluding hydrogens is 476 g/mol. The topological polar surface area (TPSA) is 84.9 Å². The van der Waals surface area contributed by atoms with Gasteiger partial charge in [-0.2, -0.15) is 0 Å². The summed E-state index contributed by atoms with van der Waals surface area (Å²) >= 11 is 0. The van der Waals surface area contributed by atoms with Crippen LogP contribution in [0.25, 0.3) is 10.8 Å².